The van der Waals surface area contributed by atoms with Gasteiger partial charge in [-0.25, -0.2) is 0 Å². The molecule has 1 saturated heterocycles. The quantitative estimate of drug-likeness (QED) is 0.391. The number of likely N-dealkylation sites (tertiary alicyclic amines) is 1. The first-order chi connectivity index (χ1) is 18.0. The van der Waals surface area contributed by atoms with Crippen LogP contribution < -0.4 is 20.5 Å². The Morgan fingerprint density at radius 1 is 1.00 bits per heavy atom. The van der Waals surface area contributed by atoms with Crippen molar-refractivity contribution in [2.75, 3.05) is 33.4 Å². The predicted molar refractivity (Wildman–Crippen MR) is 143 cm³/mol. The number of ether oxygens (including phenoxy) is 2. The van der Waals surface area contributed by atoms with Crippen LogP contribution in [0, 0.1) is 12.8 Å². The summed E-state index contributed by atoms with van der Waals surface area (Å²) in [6.07, 6.45) is 2.67. The summed E-state index contributed by atoms with van der Waals surface area (Å²) in [4.78, 5) is 27.9. The molecule has 2 aromatic carbocycles. The topological polar surface area (TPSA) is 73.9 Å². The van der Waals surface area contributed by atoms with Gasteiger partial charge in [0.2, 0.25) is 5.43 Å². The van der Waals surface area contributed by atoms with E-state index in [9.17, 15) is 9.59 Å². The lowest BCUT2D eigenvalue weighted by Crippen LogP contribution is -2.48. The second-order valence-electron chi connectivity index (χ2n) is 10.1. The molecule has 0 aliphatic carbocycles. The van der Waals surface area contributed by atoms with Crippen LogP contribution in [0.2, 0.25) is 0 Å². The summed E-state index contributed by atoms with van der Waals surface area (Å²) in [5.41, 5.74) is 3.87. The molecule has 2 aliphatic heterocycles. The lowest BCUT2D eigenvalue weighted by Gasteiger charge is -2.42. The van der Waals surface area contributed by atoms with Gasteiger partial charge >= 0.3 is 0 Å². The van der Waals surface area contributed by atoms with E-state index in [0.29, 0.717) is 35.0 Å². The van der Waals surface area contributed by atoms with Crippen LogP contribution in [0.1, 0.15) is 23.6 Å². The largest absolute Gasteiger partial charge is 0.497 e. The third-order valence-electron chi connectivity index (χ3n) is 7.76. The first-order valence-corrected chi connectivity index (χ1v) is 12.8. The van der Waals surface area contributed by atoms with Gasteiger partial charge in [-0.1, -0.05) is 18.2 Å². The minimum Gasteiger partial charge on any atom is -0.497 e. The standard InChI is InChI=1S/C30H30N2O5/c1-19-27(11-10-24-29(34)25(18-37-30(19)24)21-6-8-23(35-2)9-7-21)36-13-12-31-15-20-14-22(17-31)26-4-3-5-28(33)32(26)16-20/h3-11,18,20,22H,12-17H2,1-2H3/t20-,22+/m1/s1. The van der Waals surface area contributed by atoms with Crippen LogP contribution in [0.4, 0.5) is 0 Å². The van der Waals surface area contributed by atoms with E-state index in [1.165, 1.54) is 6.26 Å². The second kappa shape index (κ2) is 9.56. The fourth-order valence-corrected chi connectivity index (χ4v) is 5.91. The van der Waals surface area contributed by atoms with Gasteiger partial charge in [0, 0.05) is 49.4 Å². The first-order valence-electron chi connectivity index (χ1n) is 12.8. The molecule has 2 atom stereocenters. The van der Waals surface area contributed by atoms with Gasteiger partial charge in [-0.15, -0.1) is 0 Å². The number of benzene rings is 2. The fraction of sp³-hybridized carbons (Fsp3) is 0.333. The molecular weight excluding hydrogens is 468 g/mol. The van der Waals surface area contributed by atoms with Gasteiger partial charge in [-0.3, -0.25) is 14.5 Å². The zero-order valence-corrected chi connectivity index (χ0v) is 21.1. The summed E-state index contributed by atoms with van der Waals surface area (Å²) in [5.74, 6) is 2.34. The Morgan fingerprint density at radius 2 is 1.84 bits per heavy atom. The van der Waals surface area contributed by atoms with Crippen molar-refractivity contribution in [2.45, 2.75) is 25.8 Å². The number of rotatable bonds is 6. The zero-order valence-electron chi connectivity index (χ0n) is 21.1. The number of nitrogens with zero attached hydrogens (tertiary/aromatic N) is 2. The van der Waals surface area contributed by atoms with Crippen molar-refractivity contribution >= 4 is 11.0 Å². The van der Waals surface area contributed by atoms with Gasteiger partial charge in [0.25, 0.3) is 5.56 Å². The summed E-state index contributed by atoms with van der Waals surface area (Å²) in [6, 6.07) is 16.6. The molecule has 0 saturated carbocycles. The molecule has 7 heteroatoms. The van der Waals surface area contributed by atoms with Crippen molar-refractivity contribution in [1.82, 2.24) is 9.47 Å². The Morgan fingerprint density at radius 3 is 2.65 bits per heavy atom. The molecule has 7 nitrogen and oxygen atoms in total. The summed E-state index contributed by atoms with van der Waals surface area (Å²) < 4.78 is 19.3. The molecule has 2 aromatic heterocycles. The van der Waals surface area contributed by atoms with Gasteiger partial charge in [0.1, 0.15) is 30.0 Å². The Bertz CT molecular complexity index is 1570. The summed E-state index contributed by atoms with van der Waals surface area (Å²) in [6.45, 7) is 5.98. The minimum atomic E-state index is -0.0692. The van der Waals surface area contributed by atoms with Crippen molar-refractivity contribution < 1.29 is 13.9 Å². The molecule has 0 radical (unpaired) electrons. The lowest BCUT2D eigenvalue weighted by molar-refractivity contribution is 0.104. The molecule has 6 rings (SSSR count). The molecule has 37 heavy (non-hydrogen) atoms. The monoisotopic (exact) mass is 498 g/mol. The van der Waals surface area contributed by atoms with Crippen molar-refractivity contribution in [2.24, 2.45) is 5.92 Å². The maximum atomic E-state index is 13.2. The van der Waals surface area contributed by atoms with Crippen LogP contribution in [0.15, 0.2) is 74.9 Å². The third kappa shape index (κ3) is 4.33. The second-order valence-corrected chi connectivity index (χ2v) is 10.1. The van der Waals surface area contributed by atoms with Crippen LogP contribution in [-0.2, 0) is 6.54 Å². The summed E-state index contributed by atoms with van der Waals surface area (Å²) in [5, 5.41) is 0.538. The lowest BCUT2D eigenvalue weighted by atomic mass is 9.83. The minimum absolute atomic E-state index is 0.0692. The number of fused-ring (bicyclic) bond motifs is 5. The molecular formula is C30H30N2O5. The van der Waals surface area contributed by atoms with E-state index < -0.39 is 0 Å². The molecule has 0 N–H and O–H groups in total. The van der Waals surface area contributed by atoms with Crippen LogP contribution >= 0.6 is 0 Å². The number of aromatic nitrogens is 1. The Kier molecular flexibility index (Phi) is 6.08. The van der Waals surface area contributed by atoms with E-state index in [0.717, 1.165) is 60.9 Å². The fourth-order valence-electron chi connectivity index (χ4n) is 5.91. The number of methoxy groups -OCH3 is 1. The van der Waals surface area contributed by atoms with Gasteiger partial charge in [-0.2, -0.15) is 0 Å². The van der Waals surface area contributed by atoms with Gasteiger partial charge in [0.05, 0.1) is 18.1 Å². The van der Waals surface area contributed by atoms with E-state index in [-0.39, 0.29) is 11.0 Å². The first kappa shape index (κ1) is 23.6. The van der Waals surface area contributed by atoms with Crippen molar-refractivity contribution in [3.8, 4) is 22.6 Å². The van der Waals surface area contributed by atoms with Crippen LogP contribution in [-0.4, -0.2) is 42.8 Å². The molecule has 2 aliphatic rings. The van der Waals surface area contributed by atoms with Crippen LogP contribution in [0.25, 0.3) is 22.1 Å². The SMILES string of the molecule is COc1ccc(-c2coc3c(C)c(OCCN4C[C@H]5C[C@@H](C4)c4cccc(=O)n4C5)ccc3c2=O)cc1. The van der Waals surface area contributed by atoms with E-state index in [1.54, 1.807) is 19.2 Å². The maximum absolute atomic E-state index is 13.2. The highest BCUT2D eigenvalue weighted by Crippen LogP contribution is 2.35. The Labute approximate surface area is 214 Å². The molecule has 2 bridgehead atoms. The molecule has 4 aromatic rings. The molecule has 0 amide bonds. The Balaban J connectivity index is 1.15. The van der Waals surface area contributed by atoms with E-state index >= 15 is 0 Å². The number of piperidine rings is 1. The zero-order chi connectivity index (χ0) is 25.5. The maximum Gasteiger partial charge on any atom is 0.250 e. The van der Waals surface area contributed by atoms with E-state index in [4.69, 9.17) is 13.9 Å². The van der Waals surface area contributed by atoms with Crippen molar-refractivity contribution in [3.05, 3.63) is 92.7 Å². The van der Waals surface area contributed by atoms with Crippen LogP contribution in [0.3, 0.4) is 0 Å². The van der Waals surface area contributed by atoms with Gasteiger partial charge < -0.3 is 18.5 Å². The van der Waals surface area contributed by atoms with E-state index in [2.05, 4.69) is 11.0 Å². The average molecular weight is 499 g/mol. The summed E-state index contributed by atoms with van der Waals surface area (Å²) in [7, 11) is 1.61. The van der Waals surface area contributed by atoms with Crippen molar-refractivity contribution in [3.63, 3.8) is 0 Å². The molecule has 1 fully saturated rings. The number of pyridine rings is 1. The highest BCUT2D eigenvalue weighted by molar-refractivity contribution is 5.85. The smallest absolute Gasteiger partial charge is 0.250 e. The number of hydrogen-bond donors (Lipinski definition) is 0. The van der Waals surface area contributed by atoms with E-state index in [1.807, 2.05) is 47.9 Å². The third-order valence-corrected chi connectivity index (χ3v) is 7.76. The highest BCUT2D eigenvalue weighted by atomic mass is 16.5. The van der Waals surface area contributed by atoms with Gasteiger partial charge in [0.15, 0.2) is 0 Å². The average Bonchev–Trinajstić information content (AvgIpc) is 2.91. The summed E-state index contributed by atoms with van der Waals surface area (Å²) >= 11 is 0. The normalized spacial score (nSPS) is 19.0. The molecule has 190 valence electrons. The van der Waals surface area contributed by atoms with Gasteiger partial charge in [-0.05, 0) is 55.2 Å². The van der Waals surface area contributed by atoms with Crippen LogP contribution in [0.5, 0.6) is 11.5 Å². The number of aryl methyl sites for hydroxylation is 1. The molecule has 4 heterocycles. The highest BCUT2D eigenvalue weighted by Gasteiger charge is 2.34. The number of hydrogen-bond acceptors (Lipinski definition) is 6. The molecule has 0 unspecified atom stereocenters. The predicted octanol–water partition coefficient (Wildman–Crippen LogP) is 4.44. The molecule has 0 spiro atoms. The van der Waals surface area contributed by atoms with Crippen molar-refractivity contribution in [1.29, 1.82) is 0 Å². The Hall–Kier alpha value is -3.84.